The van der Waals surface area contributed by atoms with Crippen LogP contribution in [0.5, 0.6) is 0 Å². The second-order valence-electron chi connectivity index (χ2n) is 19.4. The van der Waals surface area contributed by atoms with Crippen LogP contribution in [0.4, 0.5) is 0 Å². The number of aliphatic hydroxyl groups is 1. The van der Waals surface area contributed by atoms with Crippen LogP contribution in [0.3, 0.4) is 0 Å². The van der Waals surface area contributed by atoms with E-state index in [0.717, 1.165) is 21.6 Å². The standard InChI is InChI=1S/C49H64N8O14S2/c1-6-23(3)42-36(61)13-26-12-31-30-11-25(10-28(58)21-57-40(64)17-37(72-5)49(57)71)8-9-32(30)53-47(31)73-22-33(52-38(62)18-51-46(69)43(24(4)7-2)54-39(63)19-50-44(26)67)35(60)14-27(15-41(65)66)48(70)56-20-29(59)16-34(56)45(68)55-42/h8-9,11,23-24,26-27,29,33-34,37,42-43,53,59H,6-7,10,12-22H2,1-5H3,(H,50,67)(H,51,69)(H,52,62)(H,54,63)(H,55,68)(H,65,66)/t23?,24-,26-,27-,29+,33-,34-,37?,42-,43-/m0/s1. The summed E-state index contributed by atoms with van der Waals surface area (Å²) < 4.78 is 0. The van der Waals surface area contributed by atoms with Crippen LogP contribution in [0, 0.1) is 23.7 Å². The zero-order valence-corrected chi connectivity index (χ0v) is 43.0. The molecule has 4 aliphatic rings. The van der Waals surface area contributed by atoms with Crippen molar-refractivity contribution in [1.82, 2.24) is 41.4 Å². The van der Waals surface area contributed by atoms with Crippen molar-refractivity contribution in [2.24, 2.45) is 23.7 Å². The van der Waals surface area contributed by atoms with Gasteiger partial charge in [-0.2, -0.15) is 11.8 Å². The van der Waals surface area contributed by atoms with Gasteiger partial charge in [0.05, 0.1) is 60.4 Å². The normalized spacial score (nSPS) is 27.4. The number of aromatic nitrogens is 1. The summed E-state index contributed by atoms with van der Waals surface area (Å²) in [5, 5.41) is 34.1. The van der Waals surface area contributed by atoms with Gasteiger partial charge in [0, 0.05) is 61.2 Å². The number of Topliss-reactive ketones (excluding diaryl/α,β-unsaturated/α-hetero) is 3. The third-order valence-corrected chi connectivity index (χ3v) is 16.2. The number of aliphatic carboxylic acids is 1. The minimum absolute atomic E-state index is 0.0195. The van der Waals surface area contributed by atoms with Crippen LogP contribution in [-0.4, -0.2) is 169 Å². The average molecular weight is 1050 g/mol. The van der Waals surface area contributed by atoms with E-state index in [1.807, 2.05) is 0 Å². The lowest BCUT2D eigenvalue weighted by Gasteiger charge is -2.31. The minimum Gasteiger partial charge on any atom is -0.481 e. The topological polar surface area (TPSA) is 328 Å². The Labute approximate surface area is 429 Å². The highest BCUT2D eigenvalue weighted by molar-refractivity contribution is 8.00. The monoisotopic (exact) mass is 1050 g/mol. The van der Waals surface area contributed by atoms with E-state index >= 15 is 0 Å². The first-order valence-electron chi connectivity index (χ1n) is 24.5. The van der Waals surface area contributed by atoms with Gasteiger partial charge < -0.3 is 46.7 Å². The number of carboxylic acids is 1. The summed E-state index contributed by atoms with van der Waals surface area (Å²) >= 11 is 2.24. The van der Waals surface area contributed by atoms with Crippen LogP contribution >= 0.6 is 23.5 Å². The molecule has 1 aromatic heterocycles. The molecule has 0 radical (unpaired) electrons. The number of ketones is 3. The van der Waals surface area contributed by atoms with E-state index in [-0.39, 0.29) is 38.0 Å². The van der Waals surface area contributed by atoms with Gasteiger partial charge in [-0.25, -0.2) is 0 Å². The molecule has 8 N–H and O–H groups in total. The highest BCUT2D eigenvalue weighted by Gasteiger charge is 2.45. The lowest BCUT2D eigenvalue weighted by Crippen LogP contribution is -2.55. The predicted octanol–water partition coefficient (Wildman–Crippen LogP) is -0.202. The molecule has 5 heterocycles. The van der Waals surface area contributed by atoms with Crippen molar-refractivity contribution in [3.05, 3.63) is 29.3 Å². The number of amides is 8. The molecule has 2 bridgehead atoms. The van der Waals surface area contributed by atoms with Crippen LogP contribution in [0.1, 0.15) is 83.8 Å². The Morgan fingerprint density at radius 3 is 2.14 bits per heavy atom. The Hall–Kier alpha value is -6.14. The summed E-state index contributed by atoms with van der Waals surface area (Å²) in [7, 11) is 0. The number of hydrogen-bond donors (Lipinski definition) is 8. The van der Waals surface area contributed by atoms with Crippen LogP contribution in [-0.2, 0) is 70.4 Å². The SMILES string of the molecule is CCC(C)[C@@H]1NC(=O)[C@@H]2C[C@@H](O)CN2C(=O)[C@H](CC(=O)O)CC(=O)[C@@H]2CSc3[nH]c4ccc(CC(=O)CN5C(=O)CC(SC)C5=O)cc4c3C[C@@H](CC1=O)C(=O)NCC(=O)N[C@@H]([C@@H](C)CC)C(=O)NCC(=O)N2. The highest BCUT2D eigenvalue weighted by Crippen LogP contribution is 2.35. The fraction of sp³-hybridized carbons (Fsp3) is 0.592. The van der Waals surface area contributed by atoms with Gasteiger partial charge in [-0.3, -0.25) is 62.4 Å². The molecular formula is C49H64N8O14S2. The molecule has 2 saturated heterocycles. The van der Waals surface area contributed by atoms with Gasteiger partial charge in [-0.15, -0.1) is 11.8 Å². The highest BCUT2D eigenvalue weighted by atomic mass is 32.2. The lowest BCUT2D eigenvalue weighted by atomic mass is 9.86. The molecule has 4 aliphatic heterocycles. The third-order valence-electron chi connectivity index (χ3n) is 14.1. The summed E-state index contributed by atoms with van der Waals surface area (Å²) in [6.07, 6.45) is -1.60. The number of imide groups is 1. The number of thioether (sulfide) groups is 2. The van der Waals surface area contributed by atoms with E-state index < -0.39 is 169 Å². The number of nitrogens with one attached hydrogen (secondary N) is 6. The van der Waals surface area contributed by atoms with Crippen molar-refractivity contribution in [1.29, 1.82) is 0 Å². The molecule has 22 nitrogen and oxygen atoms in total. The number of aliphatic hydroxyl groups excluding tert-OH is 1. The van der Waals surface area contributed by atoms with Crippen LogP contribution in [0.15, 0.2) is 23.2 Å². The molecule has 8 amide bonds. The first kappa shape index (κ1) is 56.2. The second kappa shape index (κ2) is 24.7. The number of aromatic amines is 1. The Balaban J connectivity index is 1.49. The maximum Gasteiger partial charge on any atom is 0.304 e. The Bertz CT molecular complexity index is 2550. The predicted molar refractivity (Wildman–Crippen MR) is 265 cm³/mol. The molecule has 2 unspecified atom stereocenters. The summed E-state index contributed by atoms with van der Waals surface area (Å²) in [6, 6.07) is -0.278. The van der Waals surface area contributed by atoms with Gasteiger partial charge >= 0.3 is 5.97 Å². The lowest BCUT2D eigenvalue weighted by molar-refractivity contribution is -0.148. The number of rotatable bonds is 11. The van der Waals surface area contributed by atoms with Crippen molar-refractivity contribution in [2.45, 2.75) is 126 Å². The number of carboxylic acid groups (broad SMARTS) is 1. The molecule has 2 aromatic rings. The first-order chi connectivity index (χ1) is 34.6. The van der Waals surface area contributed by atoms with Crippen molar-refractivity contribution >= 4 is 105 Å². The molecule has 0 aliphatic carbocycles. The number of likely N-dealkylation sites (tertiary alicyclic amines) is 1. The number of nitrogens with zero attached hydrogens (tertiary/aromatic N) is 2. The summed E-state index contributed by atoms with van der Waals surface area (Å²) in [5.74, 6) is -13.2. The van der Waals surface area contributed by atoms with Crippen molar-refractivity contribution in [3.63, 3.8) is 0 Å². The van der Waals surface area contributed by atoms with Gasteiger partial charge in [0.2, 0.25) is 47.3 Å². The van der Waals surface area contributed by atoms with Gasteiger partial charge in [-0.1, -0.05) is 46.6 Å². The minimum atomic E-state index is -1.58. The molecule has 10 atom stereocenters. The van der Waals surface area contributed by atoms with Gasteiger partial charge in [-0.05, 0) is 47.8 Å². The van der Waals surface area contributed by atoms with Crippen LogP contribution in [0.2, 0.25) is 0 Å². The number of carbonyl (C=O) groups excluding carboxylic acids is 11. The first-order valence-corrected chi connectivity index (χ1v) is 26.7. The molecular weight excluding hydrogens is 989 g/mol. The van der Waals surface area contributed by atoms with Crippen molar-refractivity contribution < 1.29 is 67.7 Å². The van der Waals surface area contributed by atoms with Crippen molar-refractivity contribution in [2.75, 3.05) is 38.2 Å². The summed E-state index contributed by atoms with van der Waals surface area (Å²) in [4.78, 5) is 170. The zero-order chi connectivity index (χ0) is 53.4. The average Bonchev–Trinajstić information content (AvgIpc) is 4.00. The van der Waals surface area contributed by atoms with Crippen LogP contribution < -0.4 is 26.6 Å². The van der Waals surface area contributed by atoms with Crippen molar-refractivity contribution in [3.8, 4) is 0 Å². The maximum absolute atomic E-state index is 14.7. The Morgan fingerprint density at radius 2 is 1.48 bits per heavy atom. The number of H-pyrrole nitrogens is 1. The largest absolute Gasteiger partial charge is 0.481 e. The van der Waals surface area contributed by atoms with Gasteiger partial charge in [0.1, 0.15) is 12.1 Å². The molecule has 0 saturated carbocycles. The molecule has 6 rings (SSSR count). The number of fused-ring (bicyclic) bond motifs is 5. The smallest absolute Gasteiger partial charge is 0.304 e. The fourth-order valence-electron chi connectivity index (χ4n) is 9.59. The maximum atomic E-state index is 14.7. The number of hydrogen-bond acceptors (Lipinski definition) is 15. The summed E-state index contributed by atoms with van der Waals surface area (Å²) in [6.45, 7) is 4.83. The number of benzene rings is 1. The van der Waals surface area contributed by atoms with Gasteiger partial charge in [0.15, 0.2) is 17.3 Å². The second-order valence-corrected chi connectivity index (χ2v) is 21.4. The fourth-order valence-corrected chi connectivity index (χ4v) is 11.4. The molecule has 0 spiro atoms. The zero-order valence-electron chi connectivity index (χ0n) is 41.4. The Kier molecular flexibility index (Phi) is 19.0. The number of carbonyl (C=O) groups is 12. The Morgan fingerprint density at radius 1 is 0.808 bits per heavy atom. The van der Waals surface area contributed by atoms with Gasteiger partial charge in [0.25, 0.3) is 0 Å². The van der Waals surface area contributed by atoms with Crippen LogP contribution in [0.25, 0.3) is 10.9 Å². The van der Waals surface area contributed by atoms with E-state index in [1.165, 1.54) is 11.8 Å². The third kappa shape index (κ3) is 13.7. The van der Waals surface area contributed by atoms with E-state index in [4.69, 9.17) is 0 Å². The van der Waals surface area contributed by atoms with E-state index in [2.05, 4.69) is 31.6 Å². The molecule has 396 valence electrons. The summed E-state index contributed by atoms with van der Waals surface area (Å²) in [5.41, 5.74) is 1.36. The van der Waals surface area contributed by atoms with E-state index in [9.17, 15) is 67.7 Å². The molecule has 1 aromatic carbocycles. The molecule has 73 heavy (non-hydrogen) atoms. The quantitative estimate of drug-likeness (QED) is 0.135. The molecule has 24 heteroatoms. The molecule has 2 fully saturated rings. The van der Waals surface area contributed by atoms with E-state index in [0.29, 0.717) is 39.9 Å². The van der Waals surface area contributed by atoms with E-state index in [1.54, 1.807) is 52.1 Å².